The van der Waals surface area contributed by atoms with E-state index in [2.05, 4.69) is 10.9 Å². The molecule has 1 saturated heterocycles. The number of phenols is 1. The maximum absolute atomic E-state index is 13.6. The molecule has 162 valence electrons. The predicted molar refractivity (Wildman–Crippen MR) is 101 cm³/mol. The van der Waals surface area contributed by atoms with E-state index in [1.807, 2.05) is 5.43 Å². The Hall–Kier alpha value is -3.02. The fourth-order valence-corrected chi connectivity index (χ4v) is 3.39. The number of hydrazine groups is 2. The summed E-state index contributed by atoms with van der Waals surface area (Å²) in [5.74, 6) is 3.74. The van der Waals surface area contributed by atoms with Crippen LogP contribution in [0.3, 0.4) is 0 Å². The van der Waals surface area contributed by atoms with Crippen LogP contribution in [0.4, 0.5) is 13.2 Å². The molecule has 1 amide bonds. The van der Waals surface area contributed by atoms with Crippen molar-refractivity contribution in [2.75, 3.05) is 13.7 Å². The molecule has 0 spiro atoms. The zero-order valence-corrected chi connectivity index (χ0v) is 15.9. The number of aromatic hydroxyl groups is 1. The summed E-state index contributed by atoms with van der Waals surface area (Å²) in [6.07, 6.45) is -4.53. The first-order chi connectivity index (χ1) is 14.2. The molecule has 2 aromatic carbocycles. The van der Waals surface area contributed by atoms with Gasteiger partial charge < -0.3 is 14.6 Å². The van der Waals surface area contributed by atoms with Crippen LogP contribution in [0.25, 0.3) is 0 Å². The maximum atomic E-state index is 13.6. The van der Waals surface area contributed by atoms with Gasteiger partial charge in [0.1, 0.15) is 23.3 Å². The number of benzene rings is 2. The molecule has 0 aliphatic carbocycles. The molecule has 8 nitrogen and oxygen atoms in total. The summed E-state index contributed by atoms with van der Waals surface area (Å²) in [4.78, 5) is 11.2. The van der Waals surface area contributed by atoms with E-state index in [1.54, 1.807) is 24.3 Å². The summed E-state index contributed by atoms with van der Waals surface area (Å²) in [7, 11) is 1.47. The number of alkyl halides is 3. The van der Waals surface area contributed by atoms with Crippen LogP contribution < -0.4 is 31.6 Å². The second kappa shape index (κ2) is 8.78. The molecule has 30 heavy (non-hydrogen) atoms. The van der Waals surface area contributed by atoms with Gasteiger partial charge in [0.05, 0.1) is 13.2 Å². The van der Waals surface area contributed by atoms with E-state index in [0.29, 0.717) is 11.3 Å². The lowest BCUT2D eigenvalue weighted by atomic mass is 9.83. The van der Waals surface area contributed by atoms with Crippen LogP contribution in [0.1, 0.15) is 23.1 Å². The SMILES string of the molecule is COc1ccc(C2C(c3ccc(OCC(=O)NN)cc3O)NNC2C(F)(F)F)cc1. The highest BCUT2D eigenvalue weighted by molar-refractivity contribution is 5.76. The van der Waals surface area contributed by atoms with Gasteiger partial charge in [0.15, 0.2) is 6.61 Å². The first-order valence-electron chi connectivity index (χ1n) is 8.91. The van der Waals surface area contributed by atoms with Crippen LogP contribution in [0.15, 0.2) is 42.5 Å². The third kappa shape index (κ3) is 4.58. The number of carbonyl (C=O) groups is 1. The van der Waals surface area contributed by atoms with Gasteiger partial charge in [0.2, 0.25) is 0 Å². The molecule has 0 bridgehead atoms. The summed E-state index contributed by atoms with van der Waals surface area (Å²) in [6.45, 7) is -0.372. The number of hydrogen-bond acceptors (Lipinski definition) is 7. The molecule has 3 unspecified atom stereocenters. The van der Waals surface area contributed by atoms with Crippen molar-refractivity contribution in [2.45, 2.75) is 24.2 Å². The number of halogens is 3. The summed E-state index contributed by atoms with van der Waals surface area (Å²) in [6, 6.07) is 7.65. The van der Waals surface area contributed by atoms with Crippen molar-refractivity contribution in [3.05, 3.63) is 53.6 Å². The van der Waals surface area contributed by atoms with E-state index < -0.39 is 30.1 Å². The Labute approximate surface area is 170 Å². The van der Waals surface area contributed by atoms with Gasteiger partial charge in [-0.2, -0.15) is 13.2 Å². The molecule has 3 atom stereocenters. The largest absolute Gasteiger partial charge is 0.507 e. The first kappa shape index (κ1) is 21.7. The Balaban J connectivity index is 1.91. The number of nitrogens with two attached hydrogens (primary N) is 1. The van der Waals surface area contributed by atoms with E-state index in [0.717, 1.165) is 0 Å². The van der Waals surface area contributed by atoms with Gasteiger partial charge in [-0.1, -0.05) is 18.2 Å². The lowest BCUT2D eigenvalue weighted by Gasteiger charge is -2.26. The van der Waals surface area contributed by atoms with Crippen molar-refractivity contribution in [1.82, 2.24) is 16.3 Å². The quantitative estimate of drug-likeness (QED) is 0.271. The number of nitrogens with one attached hydrogen (secondary N) is 3. The number of rotatable bonds is 6. The van der Waals surface area contributed by atoms with Crippen LogP contribution in [-0.4, -0.2) is 36.9 Å². The molecule has 11 heteroatoms. The van der Waals surface area contributed by atoms with Crippen LogP contribution >= 0.6 is 0 Å². The minimum Gasteiger partial charge on any atom is -0.507 e. The molecule has 6 N–H and O–H groups in total. The van der Waals surface area contributed by atoms with Crippen molar-refractivity contribution >= 4 is 5.91 Å². The van der Waals surface area contributed by atoms with Gasteiger partial charge in [0.25, 0.3) is 5.91 Å². The zero-order valence-electron chi connectivity index (χ0n) is 15.9. The van der Waals surface area contributed by atoms with Crippen LogP contribution in [0, 0.1) is 0 Å². The molecular weight excluding hydrogens is 405 g/mol. The van der Waals surface area contributed by atoms with E-state index >= 15 is 0 Å². The predicted octanol–water partition coefficient (Wildman–Crippen LogP) is 1.63. The van der Waals surface area contributed by atoms with Crippen LogP contribution in [0.2, 0.25) is 0 Å². The standard InChI is InChI=1S/C19H21F3N4O4/c1-29-11-4-2-10(3-5-11)16-17(25-26-18(16)19(20,21)22)13-7-6-12(8-14(13)27)30-9-15(28)24-23/h2-8,16-18,25-27H,9,23H2,1H3,(H,24,28). The van der Waals surface area contributed by atoms with Crippen LogP contribution in [0.5, 0.6) is 17.2 Å². The maximum Gasteiger partial charge on any atom is 0.405 e. The minimum atomic E-state index is -4.53. The highest BCUT2D eigenvalue weighted by Crippen LogP contribution is 2.45. The smallest absolute Gasteiger partial charge is 0.405 e. The Morgan fingerprint density at radius 3 is 2.40 bits per heavy atom. The number of amides is 1. The first-order valence-corrected chi connectivity index (χ1v) is 8.91. The van der Waals surface area contributed by atoms with E-state index in [9.17, 15) is 23.1 Å². The zero-order chi connectivity index (χ0) is 21.9. The average Bonchev–Trinajstić information content (AvgIpc) is 3.17. The van der Waals surface area contributed by atoms with Gasteiger partial charge in [0, 0.05) is 17.5 Å². The summed E-state index contributed by atoms with van der Waals surface area (Å²) in [5.41, 5.74) is 7.49. The minimum absolute atomic E-state index is 0.166. The second-order valence-corrected chi connectivity index (χ2v) is 6.66. The van der Waals surface area contributed by atoms with Crippen molar-refractivity contribution in [3.8, 4) is 17.2 Å². The lowest BCUT2D eigenvalue weighted by molar-refractivity contribution is -0.156. The van der Waals surface area contributed by atoms with Gasteiger partial charge in [-0.15, -0.1) is 0 Å². The molecule has 1 fully saturated rings. The molecule has 0 saturated carbocycles. The fourth-order valence-electron chi connectivity index (χ4n) is 3.39. The van der Waals surface area contributed by atoms with Crippen molar-refractivity contribution < 1.29 is 32.5 Å². The molecule has 3 rings (SSSR count). The number of phenolic OH excluding ortho intramolecular Hbond substituents is 1. The normalized spacial score (nSPS) is 21.3. The summed E-state index contributed by atoms with van der Waals surface area (Å²) in [5, 5.41) is 10.4. The van der Waals surface area contributed by atoms with Gasteiger partial charge >= 0.3 is 6.18 Å². The molecule has 1 heterocycles. The number of hydrogen-bond donors (Lipinski definition) is 5. The molecular formula is C19H21F3N4O4. The van der Waals surface area contributed by atoms with Gasteiger partial charge in [-0.05, 0) is 23.8 Å². The summed E-state index contributed by atoms with van der Waals surface area (Å²) < 4.78 is 51.2. The lowest BCUT2D eigenvalue weighted by Crippen LogP contribution is -2.43. The topological polar surface area (TPSA) is 118 Å². The Bertz CT molecular complexity index is 892. The van der Waals surface area contributed by atoms with Crippen molar-refractivity contribution in [2.24, 2.45) is 5.84 Å². The monoisotopic (exact) mass is 426 g/mol. The van der Waals surface area contributed by atoms with Crippen molar-refractivity contribution in [3.63, 3.8) is 0 Å². The molecule has 0 aromatic heterocycles. The second-order valence-electron chi connectivity index (χ2n) is 6.66. The van der Waals surface area contributed by atoms with Crippen molar-refractivity contribution in [1.29, 1.82) is 0 Å². The summed E-state index contributed by atoms with van der Waals surface area (Å²) >= 11 is 0. The number of methoxy groups -OCH3 is 1. The fraction of sp³-hybridized carbons (Fsp3) is 0.316. The number of carbonyl (C=O) groups excluding carboxylic acids is 1. The average molecular weight is 426 g/mol. The van der Waals surface area contributed by atoms with Gasteiger partial charge in [-0.3, -0.25) is 10.2 Å². The third-order valence-electron chi connectivity index (χ3n) is 4.83. The third-order valence-corrected chi connectivity index (χ3v) is 4.83. The highest BCUT2D eigenvalue weighted by Gasteiger charge is 2.52. The van der Waals surface area contributed by atoms with Gasteiger partial charge in [-0.25, -0.2) is 16.7 Å². The number of ether oxygens (including phenoxy) is 2. The Morgan fingerprint density at radius 2 is 1.83 bits per heavy atom. The molecule has 1 aliphatic rings. The molecule has 0 radical (unpaired) electrons. The van der Waals surface area contributed by atoms with E-state index in [1.165, 1.54) is 25.3 Å². The highest BCUT2D eigenvalue weighted by atomic mass is 19.4. The van der Waals surface area contributed by atoms with E-state index in [4.69, 9.17) is 15.3 Å². The Kier molecular flexibility index (Phi) is 6.34. The molecule has 1 aliphatic heterocycles. The Morgan fingerprint density at radius 1 is 1.17 bits per heavy atom. The molecule has 2 aromatic rings. The van der Waals surface area contributed by atoms with Crippen LogP contribution in [-0.2, 0) is 4.79 Å². The van der Waals surface area contributed by atoms with E-state index in [-0.39, 0.29) is 23.7 Å².